The zero-order valence-corrected chi connectivity index (χ0v) is 8.64. The lowest BCUT2D eigenvalue weighted by Crippen LogP contribution is -2.08. The Hall–Kier alpha value is -1.10. The lowest BCUT2D eigenvalue weighted by Gasteiger charge is -2.01. The van der Waals surface area contributed by atoms with Gasteiger partial charge >= 0.3 is 5.97 Å². The number of alkyl halides is 1. The summed E-state index contributed by atoms with van der Waals surface area (Å²) in [4.78, 5) is 11.3. The van der Waals surface area contributed by atoms with E-state index in [2.05, 4.69) is 5.10 Å². The predicted molar refractivity (Wildman–Crippen MR) is 49.0 cm³/mol. The highest BCUT2D eigenvalue weighted by atomic mass is 35.5. The molecule has 1 rings (SSSR count). The van der Waals surface area contributed by atoms with Crippen molar-refractivity contribution in [2.24, 2.45) is 7.05 Å². The summed E-state index contributed by atoms with van der Waals surface area (Å²) in [6.45, 7) is 1.08. The Balaban J connectivity index is 3.11. The molecule has 6 heteroatoms. The molecule has 1 aromatic rings. The summed E-state index contributed by atoms with van der Waals surface area (Å²) >= 11 is 5.66. The number of esters is 1. The number of rotatable bonds is 3. The van der Waals surface area contributed by atoms with E-state index in [0.29, 0.717) is 0 Å². The van der Waals surface area contributed by atoms with Gasteiger partial charge in [-0.25, -0.2) is 9.18 Å². The smallest absolute Gasteiger partial charge is 0.343 e. The lowest BCUT2D eigenvalue weighted by molar-refractivity contribution is 0.0524. The summed E-state index contributed by atoms with van der Waals surface area (Å²) in [5.41, 5.74) is 0.145. The Morgan fingerprint density at radius 2 is 2.36 bits per heavy atom. The molecule has 0 aliphatic heterocycles. The molecule has 0 aliphatic carbocycles. The minimum Gasteiger partial charge on any atom is -0.462 e. The minimum atomic E-state index is -0.801. The van der Waals surface area contributed by atoms with E-state index in [1.807, 2.05) is 0 Å². The van der Waals surface area contributed by atoms with Gasteiger partial charge in [0, 0.05) is 7.05 Å². The van der Waals surface area contributed by atoms with Gasteiger partial charge in [0.05, 0.1) is 12.3 Å². The van der Waals surface area contributed by atoms with Crippen LogP contribution in [0.5, 0.6) is 0 Å². The molecule has 0 atom stereocenters. The van der Waals surface area contributed by atoms with Gasteiger partial charge in [-0.3, -0.25) is 4.68 Å². The maximum atomic E-state index is 12.5. The van der Waals surface area contributed by atoms with Gasteiger partial charge in [0.15, 0.2) is 5.15 Å². The molecule has 0 radical (unpaired) electrons. The first-order chi connectivity index (χ1) is 6.61. The second-order valence-corrected chi connectivity index (χ2v) is 2.95. The maximum absolute atomic E-state index is 12.5. The standard InChI is InChI=1S/C8H10ClFN2O2/c1-3-14-8(13)6-5(4-10)12(2)11-7(6)9/h3-4H2,1-2H3. The molecular weight excluding hydrogens is 211 g/mol. The Morgan fingerprint density at radius 1 is 1.71 bits per heavy atom. The number of aromatic nitrogens is 2. The molecular formula is C8H10ClFN2O2. The molecule has 14 heavy (non-hydrogen) atoms. The molecule has 4 nitrogen and oxygen atoms in total. The second-order valence-electron chi connectivity index (χ2n) is 2.59. The highest BCUT2D eigenvalue weighted by molar-refractivity contribution is 6.32. The number of carbonyl (C=O) groups excluding carboxylic acids is 1. The third-order valence-electron chi connectivity index (χ3n) is 1.73. The number of nitrogens with zero attached hydrogens (tertiary/aromatic N) is 2. The molecule has 0 amide bonds. The molecule has 0 aromatic carbocycles. The van der Waals surface area contributed by atoms with Gasteiger partial charge in [-0.05, 0) is 6.92 Å². The molecule has 0 unspecified atom stereocenters. The highest BCUT2D eigenvalue weighted by Crippen LogP contribution is 2.20. The number of aryl methyl sites for hydroxylation is 1. The van der Waals surface area contributed by atoms with Crippen molar-refractivity contribution in [2.45, 2.75) is 13.6 Å². The Kier molecular flexibility index (Phi) is 3.46. The normalized spacial score (nSPS) is 10.3. The number of ether oxygens (including phenoxy) is 1. The van der Waals surface area contributed by atoms with E-state index in [4.69, 9.17) is 16.3 Å². The van der Waals surface area contributed by atoms with Crippen LogP contribution in [0.2, 0.25) is 5.15 Å². The van der Waals surface area contributed by atoms with Crippen LogP contribution in [0.1, 0.15) is 23.0 Å². The van der Waals surface area contributed by atoms with Crippen molar-refractivity contribution in [3.63, 3.8) is 0 Å². The number of carbonyl (C=O) groups is 1. The van der Waals surface area contributed by atoms with Crippen LogP contribution in [0.25, 0.3) is 0 Å². The largest absolute Gasteiger partial charge is 0.462 e. The zero-order chi connectivity index (χ0) is 10.7. The first-order valence-electron chi connectivity index (χ1n) is 4.06. The van der Waals surface area contributed by atoms with E-state index in [0.717, 1.165) is 0 Å². The van der Waals surface area contributed by atoms with E-state index in [9.17, 15) is 9.18 Å². The molecule has 1 aromatic heterocycles. The van der Waals surface area contributed by atoms with Crippen LogP contribution in [0, 0.1) is 0 Å². The molecule has 0 fully saturated rings. The number of hydrogen-bond acceptors (Lipinski definition) is 3. The Labute approximate surface area is 85.6 Å². The van der Waals surface area contributed by atoms with E-state index in [1.54, 1.807) is 6.92 Å². The molecule has 0 aliphatic rings. The molecule has 0 saturated carbocycles. The fraction of sp³-hybridized carbons (Fsp3) is 0.500. The lowest BCUT2D eigenvalue weighted by atomic mass is 10.2. The second kappa shape index (κ2) is 4.41. The van der Waals surface area contributed by atoms with Crippen molar-refractivity contribution in [1.82, 2.24) is 9.78 Å². The molecule has 0 spiro atoms. The summed E-state index contributed by atoms with van der Waals surface area (Å²) < 4.78 is 18.5. The van der Waals surface area contributed by atoms with E-state index in [1.165, 1.54) is 11.7 Å². The topological polar surface area (TPSA) is 44.1 Å². The first-order valence-corrected chi connectivity index (χ1v) is 4.44. The van der Waals surface area contributed by atoms with Crippen LogP contribution in [-0.2, 0) is 18.5 Å². The molecule has 0 N–H and O–H groups in total. The SMILES string of the molecule is CCOC(=O)c1c(Cl)nn(C)c1CF. The Morgan fingerprint density at radius 3 is 2.86 bits per heavy atom. The fourth-order valence-corrected chi connectivity index (χ4v) is 1.38. The molecule has 0 bridgehead atoms. The number of hydrogen-bond donors (Lipinski definition) is 0. The van der Waals surface area contributed by atoms with Crippen LogP contribution in [0.3, 0.4) is 0 Å². The average Bonchev–Trinajstić information content (AvgIpc) is 2.40. The van der Waals surface area contributed by atoms with Crippen LogP contribution >= 0.6 is 11.6 Å². The van der Waals surface area contributed by atoms with Crippen LogP contribution in [-0.4, -0.2) is 22.4 Å². The quantitative estimate of drug-likeness (QED) is 0.729. The van der Waals surface area contributed by atoms with Gasteiger partial charge in [0.1, 0.15) is 12.2 Å². The van der Waals surface area contributed by atoms with Crippen LogP contribution in [0.15, 0.2) is 0 Å². The molecule has 0 saturated heterocycles. The summed E-state index contributed by atoms with van der Waals surface area (Å²) in [6, 6.07) is 0. The third kappa shape index (κ3) is 1.87. The fourth-order valence-electron chi connectivity index (χ4n) is 1.08. The van der Waals surface area contributed by atoms with E-state index < -0.39 is 12.6 Å². The Bertz CT molecular complexity index is 351. The van der Waals surface area contributed by atoms with Crippen molar-refractivity contribution < 1.29 is 13.9 Å². The summed E-state index contributed by atoms with van der Waals surface area (Å²) in [5.74, 6) is -0.641. The maximum Gasteiger partial charge on any atom is 0.343 e. The van der Waals surface area contributed by atoms with Crippen molar-refractivity contribution in [3.8, 4) is 0 Å². The van der Waals surface area contributed by atoms with Gasteiger partial charge in [0.25, 0.3) is 0 Å². The van der Waals surface area contributed by atoms with Crippen LogP contribution < -0.4 is 0 Å². The molecule has 1 heterocycles. The monoisotopic (exact) mass is 220 g/mol. The van der Waals surface area contributed by atoms with Gasteiger partial charge in [-0.15, -0.1) is 0 Å². The van der Waals surface area contributed by atoms with E-state index >= 15 is 0 Å². The van der Waals surface area contributed by atoms with Gasteiger partial charge < -0.3 is 4.74 Å². The summed E-state index contributed by atoms with van der Waals surface area (Å²) in [6.07, 6.45) is 0. The van der Waals surface area contributed by atoms with Gasteiger partial charge in [-0.1, -0.05) is 11.6 Å². The van der Waals surface area contributed by atoms with Crippen molar-refractivity contribution in [3.05, 3.63) is 16.4 Å². The predicted octanol–water partition coefficient (Wildman–Crippen LogP) is 1.72. The molecule has 78 valence electrons. The average molecular weight is 221 g/mol. The van der Waals surface area contributed by atoms with E-state index in [-0.39, 0.29) is 23.0 Å². The third-order valence-corrected chi connectivity index (χ3v) is 1.99. The van der Waals surface area contributed by atoms with Gasteiger partial charge in [0.2, 0.25) is 0 Å². The van der Waals surface area contributed by atoms with Gasteiger partial charge in [-0.2, -0.15) is 5.10 Å². The zero-order valence-electron chi connectivity index (χ0n) is 7.88. The van der Waals surface area contributed by atoms with Crippen molar-refractivity contribution in [2.75, 3.05) is 6.61 Å². The number of halogens is 2. The minimum absolute atomic E-state index is 0.0125. The van der Waals surface area contributed by atoms with Crippen molar-refractivity contribution in [1.29, 1.82) is 0 Å². The van der Waals surface area contributed by atoms with Crippen LogP contribution in [0.4, 0.5) is 4.39 Å². The highest BCUT2D eigenvalue weighted by Gasteiger charge is 2.22. The van der Waals surface area contributed by atoms with Crippen molar-refractivity contribution >= 4 is 17.6 Å². The summed E-state index contributed by atoms with van der Waals surface area (Å²) in [5, 5.41) is 3.70. The summed E-state index contributed by atoms with van der Waals surface area (Å²) in [7, 11) is 1.52. The first kappa shape index (κ1) is 11.0.